The standard InChI is InChI=1S/C15H16N2O4/c18-8-9-20-13-6-7-16-14(10-13)17-15(19)21-11-12-4-2-1-3-5-12/h1-7,10,18H,8-9,11H2,(H,16,17,19). The number of hydrogen-bond donors (Lipinski definition) is 2. The number of aromatic nitrogens is 1. The summed E-state index contributed by atoms with van der Waals surface area (Å²) in [4.78, 5) is 15.6. The summed E-state index contributed by atoms with van der Waals surface area (Å²) in [5.74, 6) is 0.834. The molecule has 0 unspecified atom stereocenters. The van der Waals surface area contributed by atoms with Crippen molar-refractivity contribution in [3.05, 3.63) is 54.2 Å². The SMILES string of the molecule is O=C(Nc1cc(OCCO)ccn1)OCc1ccccc1. The first kappa shape index (κ1) is 14.8. The normalized spacial score (nSPS) is 9.95. The van der Waals surface area contributed by atoms with Gasteiger partial charge in [0.25, 0.3) is 0 Å². The molecule has 2 aromatic rings. The molecule has 6 heteroatoms. The Balaban J connectivity index is 1.84. The second-order valence-corrected chi connectivity index (χ2v) is 4.14. The van der Waals surface area contributed by atoms with Gasteiger partial charge in [0.15, 0.2) is 0 Å². The molecule has 1 aromatic carbocycles. The van der Waals surface area contributed by atoms with E-state index in [9.17, 15) is 4.79 Å². The second-order valence-electron chi connectivity index (χ2n) is 4.14. The highest BCUT2D eigenvalue weighted by molar-refractivity contribution is 5.83. The smallest absolute Gasteiger partial charge is 0.413 e. The number of carbonyl (C=O) groups excluding carboxylic acids is 1. The predicted molar refractivity (Wildman–Crippen MR) is 77.1 cm³/mol. The molecule has 0 bridgehead atoms. The molecule has 6 nitrogen and oxygen atoms in total. The van der Waals surface area contributed by atoms with E-state index in [0.717, 1.165) is 5.56 Å². The van der Waals surface area contributed by atoms with E-state index >= 15 is 0 Å². The summed E-state index contributed by atoms with van der Waals surface area (Å²) in [5, 5.41) is 11.2. The molecule has 0 aliphatic heterocycles. The third-order valence-electron chi connectivity index (χ3n) is 2.53. The van der Waals surface area contributed by atoms with Crippen molar-refractivity contribution in [2.45, 2.75) is 6.61 Å². The van der Waals surface area contributed by atoms with Crippen LogP contribution in [0.4, 0.5) is 10.6 Å². The number of anilines is 1. The lowest BCUT2D eigenvalue weighted by Crippen LogP contribution is -2.14. The van der Waals surface area contributed by atoms with Gasteiger partial charge in [0.1, 0.15) is 24.8 Å². The summed E-state index contributed by atoms with van der Waals surface area (Å²) in [7, 11) is 0. The van der Waals surface area contributed by atoms with Crippen molar-refractivity contribution in [2.24, 2.45) is 0 Å². The van der Waals surface area contributed by atoms with Gasteiger partial charge >= 0.3 is 6.09 Å². The van der Waals surface area contributed by atoms with Gasteiger partial charge in [-0.05, 0) is 11.6 Å². The van der Waals surface area contributed by atoms with Crippen LogP contribution in [0.1, 0.15) is 5.56 Å². The molecule has 0 radical (unpaired) electrons. The van der Waals surface area contributed by atoms with Crippen molar-refractivity contribution < 1.29 is 19.4 Å². The summed E-state index contributed by atoms with van der Waals surface area (Å²) in [6.45, 7) is 0.291. The molecule has 0 saturated carbocycles. The monoisotopic (exact) mass is 288 g/mol. The van der Waals surface area contributed by atoms with E-state index in [2.05, 4.69) is 10.3 Å². The Hall–Kier alpha value is -2.60. The molecule has 110 valence electrons. The Kier molecular flexibility index (Phi) is 5.54. The van der Waals surface area contributed by atoms with Crippen LogP contribution in [0.15, 0.2) is 48.7 Å². The van der Waals surface area contributed by atoms with Gasteiger partial charge in [-0.1, -0.05) is 30.3 Å². The number of pyridine rings is 1. The molecule has 0 fully saturated rings. The van der Waals surface area contributed by atoms with Gasteiger partial charge in [-0.2, -0.15) is 0 Å². The minimum atomic E-state index is -0.592. The van der Waals surface area contributed by atoms with Crippen LogP contribution in [0.25, 0.3) is 0 Å². The van der Waals surface area contributed by atoms with Crippen LogP contribution < -0.4 is 10.1 Å². The van der Waals surface area contributed by atoms with Gasteiger partial charge in [0, 0.05) is 12.3 Å². The lowest BCUT2D eigenvalue weighted by molar-refractivity contribution is 0.155. The van der Waals surface area contributed by atoms with Crippen LogP contribution >= 0.6 is 0 Å². The van der Waals surface area contributed by atoms with Crippen molar-refractivity contribution in [1.82, 2.24) is 4.98 Å². The fourth-order valence-electron chi connectivity index (χ4n) is 1.60. The van der Waals surface area contributed by atoms with Crippen LogP contribution in [-0.2, 0) is 11.3 Å². The van der Waals surface area contributed by atoms with Gasteiger partial charge in [-0.25, -0.2) is 9.78 Å². The molecule has 2 N–H and O–H groups in total. The number of benzene rings is 1. The molecule has 1 heterocycles. The summed E-state index contributed by atoms with van der Waals surface area (Å²) in [5.41, 5.74) is 0.903. The van der Waals surface area contributed by atoms with Crippen molar-refractivity contribution in [1.29, 1.82) is 0 Å². The number of amides is 1. The molecule has 1 aromatic heterocycles. The van der Waals surface area contributed by atoms with E-state index in [1.165, 1.54) is 6.20 Å². The first-order valence-electron chi connectivity index (χ1n) is 6.45. The number of nitrogens with one attached hydrogen (secondary N) is 1. The summed E-state index contributed by atoms with van der Waals surface area (Å²) in [6, 6.07) is 12.6. The van der Waals surface area contributed by atoms with Gasteiger partial charge < -0.3 is 14.6 Å². The Morgan fingerprint density at radius 2 is 2.05 bits per heavy atom. The molecule has 2 rings (SSSR count). The maximum Gasteiger partial charge on any atom is 0.413 e. The Labute approximate surface area is 122 Å². The topological polar surface area (TPSA) is 80.7 Å². The highest BCUT2D eigenvalue weighted by Crippen LogP contribution is 2.14. The summed E-state index contributed by atoms with van der Waals surface area (Å²) < 4.78 is 10.3. The van der Waals surface area contributed by atoms with E-state index in [-0.39, 0.29) is 19.8 Å². The van der Waals surface area contributed by atoms with Crippen molar-refractivity contribution in [3.63, 3.8) is 0 Å². The third-order valence-corrected chi connectivity index (χ3v) is 2.53. The predicted octanol–water partition coefficient (Wildman–Crippen LogP) is 2.20. The second kappa shape index (κ2) is 7.86. The van der Waals surface area contributed by atoms with Crippen LogP contribution in [0.2, 0.25) is 0 Å². The number of hydrogen-bond acceptors (Lipinski definition) is 5. The first-order valence-corrected chi connectivity index (χ1v) is 6.45. The molecular formula is C15H16N2O4. The number of nitrogens with zero attached hydrogens (tertiary/aromatic N) is 1. The Morgan fingerprint density at radius 3 is 2.81 bits per heavy atom. The quantitative estimate of drug-likeness (QED) is 0.851. The highest BCUT2D eigenvalue weighted by atomic mass is 16.5. The van der Waals surface area contributed by atoms with Crippen LogP contribution in [-0.4, -0.2) is 29.4 Å². The molecular weight excluding hydrogens is 272 g/mol. The fourth-order valence-corrected chi connectivity index (χ4v) is 1.60. The molecule has 0 spiro atoms. The van der Waals surface area contributed by atoms with E-state index in [4.69, 9.17) is 14.6 Å². The average molecular weight is 288 g/mol. The Bertz CT molecular complexity index is 575. The summed E-state index contributed by atoms with van der Waals surface area (Å²) in [6.07, 6.45) is 0.908. The van der Waals surface area contributed by atoms with E-state index in [1.807, 2.05) is 30.3 Å². The van der Waals surface area contributed by atoms with Crippen LogP contribution in [0.3, 0.4) is 0 Å². The number of carbonyl (C=O) groups is 1. The Morgan fingerprint density at radius 1 is 1.24 bits per heavy atom. The number of aliphatic hydroxyl groups is 1. The zero-order chi connectivity index (χ0) is 14.9. The van der Waals surface area contributed by atoms with E-state index in [0.29, 0.717) is 11.6 Å². The van der Waals surface area contributed by atoms with Crippen molar-refractivity contribution in [3.8, 4) is 5.75 Å². The van der Waals surface area contributed by atoms with Gasteiger partial charge in [-0.15, -0.1) is 0 Å². The number of ether oxygens (including phenoxy) is 2. The van der Waals surface area contributed by atoms with E-state index in [1.54, 1.807) is 12.1 Å². The highest BCUT2D eigenvalue weighted by Gasteiger charge is 2.05. The zero-order valence-corrected chi connectivity index (χ0v) is 11.4. The molecule has 21 heavy (non-hydrogen) atoms. The summed E-state index contributed by atoms with van der Waals surface area (Å²) >= 11 is 0. The van der Waals surface area contributed by atoms with Gasteiger partial charge in [-0.3, -0.25) is 5.32 Å². The average Bonchev–Trinajstić information content (AvgIpc) is 2.52. The maximum atomic E-state index is 11.7. The van der Waals surface area contributed by atoms with E-state index < -0.39 is 6.09 Å². The fraction of sp³-hybridized carbons (Fsp3) is 0.200. The van der Waals surface area contributed by atoms with Crippen molar-refractivity contribution >= 4 is 11.9 Å². The van der Waals surface area contributed by atoms with Crippen LogP contribution in [0.5, 0.6) is 5.75 Å². The molecule has 0 saturated heterocycles. The number of aliphatic hydroxyl groups excluding tert-OH is 1. The minimum Gasteiger partial charge on any atom is -0.491 e. The molecule has 0 atom stereocenters. The lowest BCUT2D eigenvalue weighted by Gasteiger charge is -2.08. The van der Waals surface area contributed by atoms with Gasteiger partial charge in [0.2, 0.25) is 0 Å². The first-order chi connectivity index (χ1) is 10.3. The number of rotatable bonds is 6. The molecule has 0 aliphatic carbocycles. The largest absolute Gasteiger partial charge is 0.491 e. The van der Waals surface area contributed by atoms with Crippen molar-refractivity contribution in [2.75, 3.05) is 18.5 Å². The zero-order valence-electron chi connectivity index (χ0n) is 11.4. The maximum absolute atomic E-state index is 11.7. The lowest BCUT2D eigenvalue weighted by atomic mass is 10.2. The molecule has 1 amide bonds. The molecule has 0 aliphatic rings. The van der Waals surface area contributed by atoms with Crippen LogP contribution in [0, 0.1) is 0 Å². The minimum absolute atomic E-state index is 0.0792. The third kappa shape index (κ3) is 5.12. The van der Waals surface area contributed by atoms with Gasteiger partial charge in [0.05, 0.1) is 6.61 Å².